The van der Waals surface area contributed by atoms with Crippen LogP contribution in [0.15, 0.2) is 6.07 Å². The Kier molecular flexibility index (Phi) is 5.01. The quantitative estimate of drug-likeness (QED) is 0.907. The molecule has 0 bridgehead atoms. The fraction of sp³-hybridized carbons (Fsp3) is 0.706. The molecule has 132 valence electrons. The second kappa shape index (κ2) is 7.03. The highest BCUT2D eigenvalue weighted by Crippen LogP contribution is 2.31. The first-order valence-corrected chi connectivity index (χ1v) is 8.71. The monoisotopic (exact) mass is 334 g/mol. The van der Waals surface area contributed by atoms with Crippen molar-refractivity contribution in [2.45, 2.75) is 51.9 Å². The molecule has 1 amide bonds. The van der Waals surface area contributed by atoms with E-state index in [1.54, 1.807) is 6.07 Å². The summed E-state index contributed by atoms with van der Waals surface area (Å²) in [5.41, 5.74) is 0.442. The number of likely N-dealkylation sites (tertiary alicyclic amines) is 1. The highest BCUT2D eigenvalue weighted by atomic mass is 16.7. The minimum Gasteiger partial charge on any atom is -0.368 e. The van der Waals surface area contributed by atoms with Gasteiger partial charge in [-0.05, 0) is 20.3 Å². The number of carbonyl (C=O) groups excluding carboxylic acids is 1. The molecule has 24 heavy (non-hydrogen) atoms. The zero-order valence-electron chi connectivity index (χ0n) is 14.7. The van der Waals surface area contributed by atoms with Gasteiger partial charge in [-0.3, -0.25) is 4.79 Å². The number of anilines is 1. The van der Waals surface area contributed by atoms with Gasteiger partial charge in [0.25, 0.3) is 5.91 Å². The van der Waals surface area contributed by atoms with E-state index in [1.165, 1.54) is 0 Å². The summed E-state index contributed by atoms with van der Waals surface area (Å²) in [5, 5.41) is 3.31. The van der Waals surface area contributed by atoms with Crippen LogP contribution in [-0.4, -0.2) is 58.9 Å². The molecule has 0 radical (unpaired) electrons. The number of aromatic nitrogens is 2. The van der Waals surface area contributed by atoms with Crippen molar-refractivity contribution in [1.29, 1.82) is 0 Å². The molecule has 2 fully saturated rings. The first-order chi connectivity index (χ1) is 11.5. The van der Waals surface area contributed by atoms with E-state index in [9.17, 15) is 4.79 Å². The van der Waals surface area contributed by atoms with Gasteiger partial charge in [-0.2, -0.15) is 0 Å². The Hall–Kier alpha value is -1.73. The number of carbonyl (C=O) groups is 1. The first-order valence-electron chi connectivity index (χ1n) is 8.71. The number of hydrogen-bond donors (Lipinski definition) is 1. The Labute approximate surface area is 142 Å². The first kappa shape index (κ1) is 17.1. The summed E-state index contributed by atoms with van der Waals surface area (Å²) in [7, 11) is 0. The summed E-state index contributed by atoms with van der Waals surface area (Å²) in [6.07, 6.45) is 2.40. The molecule has 7 heteroatoms. The molecule has 0 aromatic carbocycles. The van der Waals surface area contributed by atoms with E-state index in [4.69, 9.17) is 9.47 Å². The van der Waals surface area contributed by atoms with Crippen molar-refractivity contribution in [3.8, 4) is 0 Å². The van der Waals surface area contributed by atoms with Gasteiger partial charge in [-0.15, -0.1) is 0 Å². The van der Waals surface area contributed by atoms with Crippen molar-refractivity contribution in [3.63, 3.8) is 0 Å². The Bertz CT molecular complexity index is 591. The number of rotatable bonds is 4. The number of aryl methyl sites for hydroxylation is 1. The van der Waals surface area contributed by atoms with Crippen LogP contribution in [0.25, 0.3) is 0 Å². The van der Waals surface area contributed by atoms with Crippen molar-refractivity contribution >= 4 is 11.7 Å². The zero-order valence-corrected chi connectivity index (χ0v) is 14.7. The molecular formula is C17H26N4O3. The Morgan fingerprint density at radius 1 is 1.33 bits per heavy atom. The van der Waals surface area contributed by atoms with Crippen molar-refractivity contribution in [2.24, 2.45) is 0 Å². The molecule has 1 spiro atoms. The van der Waals surface area contributed by atoms with E-state index in [0.29, 0.717) is 62.5 Å². The zero-order chi connectivity index (χ0) is 17.2. The van der Waals surface area contributed by atoms with Gasteiger partial charge in [0, 0.05) is 38.0 Å². The van der Waals surface area contributed by atoms with E-state index in [1.807, 2.05) is 11.8 Å². The summed E-state index contributed by atoms with van der Waals surface area (Å²) >= 11 is 0. The van der Waals surface area contributed by atoms with Gasteiger partial charge in [0.2, 0.25) is 0 Å². The van der Waals surface area contributed by atoms with Crippen LogP contribution in [0.2, 0.25) is 0 Å². The maximum Gasteiger partial charge on any atom is 0.272 e. The number of hydrogen-bond acceptors (Lipinski definition) is 6. The molecule has 2 aliphatic heterocycles. The third-order valence-corrected chi connectivity index (χ3v) is 4.69. The molecule has 1 unspecified atom stereocenters. The van der Waals surface area contributed by atoms with Crippen LogP contribution in [0, 0.1) is 6.92 Å². The molecule has 1 aromatic heterocycles. The standard InChI is InChI=1S/C17H26N4O3/c1-4-12(2)18-15-11-14(19-13(3)20-15)16(22)21-7-5-17(6-8-21)23-9-10-24-17/h11-12H,4-10H2,1-3H3,(H,18,19,20). The number of nitrogens with zero attached hydrogens (tertiary/aromatic N) is 3. The molecule has 1 N–H and O–H groups in total. The van der Waals surface area contributed by atoms with Crippen LogP contribution in [0.1, 0.15) is 49.4 Å². The van der Waals surface area contributed by atoms with Crippen molar-refractivity contribution in [1.82, 2.24) is 14.9 Å². The molecule has 7 nitrogen and oxygen atoms in total. The molecule has 2 aliphatic rings. The third kappa shape index (κ3) is 3.67. The van der Waals surface area contributed by atoms with Gasteiger partial charge in [-0.25, -0.2) is 9.97 Å². The fourth-order valence-corrected chi connectivity index (χ4v) is 3.10. The predicted octanol–water partition coefficient (Wildman–Crippen LogP) is 1.97. The van der Waals surface area contributed by atoms with Gasteiger partial charge >= 0.3 is 0 Å². The van der Waals surface area contributed by atoms with Gasteiger partial charge in [0.15, 0.2) is 5.79 Å². The average Bonchev–Trinajstić information content (AvgIpc) is 3.02. The smallest absolute Gasteiger partial charge is 0.272 e. The van der Waals surface area contributed by atoms with Gasteiger partial charge in [0.05, 0.1) is 13.2 Å². The van der Waals surface area contributed by atoms with E-state index in [0.717, 1.165) is 6.42 Å². The largest absolute Gasteiger partial charge is 0.368 e. The van der Waals surface area contributed by atoms with Gasteiger partial charge in [-0.1, -0.05) is 6.92 Å². The number of nitrogens with one attached hydrogen (secondary N) is 1. The van der Waals surface area contributed by atoms with Gasteiger partial charge < -0.3 is 19.7 Å². The van der Waals surface area contributed by atoms with Crippen LogP contribution in [-0.2, 0) is 9.47 Å². The lowest BCUT2D eigenvalue weighted by Crippen LogP contribution is -2.47. The van der Waals surface area contributed by atoms with E-state index < -0.39 is 5.79 Å². The minimum atomic E-state index is -0.471. The molecule has 0 saturated carbocycles. The lowest BCUT2D eigenvalue weighted by Gasteiger charge is -2.37. The summed E-state index contributed by atoms with van der Waals surface area (Å²) < 4.78 is 11.4. The highest BCUT2D eigenvalue weighted by Gasteiger charge is 2.41. The topological polar surface area (TPSA) is 76.6 Å². The lowest BCUT2D eigenvalue weighted by atomic mass is 10.0. The molecule has 1 atom stereocenters. The molecule has 3 heterocycles. The second-order valence-electron chi connectivity index (χ2n) is 6.54. The van der Waals surface area contributed by atoms with Crippen molar-refractivity contribution < 1.29 is 14.3 Å². The van der Waals surface area contributed by atoms with E-state index >= 15 is 0 Å². The van der Waals surface area contributed by atoms with Crippen molar-refractivity contribution in [3.05, 3.63) is 17.6 Å². The fourth-order valence-electron chi connectivity index (χ4n) is 3.10. The highest BCUT2D eigenvalue weighted by molar-refractivity contribution is 5.93. The number of amides is 1. The van der Waals surface area contributed by atoms with E-state index in [-0.39, 0.29) is 5.91 Å². The molecule has 2 saturated heterocycles. The lowest BCUT2D eigenvalue weighted by molar-refractivity contribution is -0.181. The Morgan fingerprint density at radius 2 is 2.00 bits per heavy atom. The normalized spacial score (nSPS) is 21.0. The third-order valence-electron chi connectivity index (χ3n) is 4.69. The number of piperidine rings is 1. The molecular weight excluding hydrogens is 308 g/mol. The van der Waals surface area contributed by atoms with Crippen LogP contribution in [0.5, 0.6) is 0 Å². The summed E-state index contributed by atoms with van der Waals surface area (Å²) in [6, 6.07) is 2.04. The minimum absolute atomic E-state index is 0.0550. The SMILES string of the molecule is CCC(C)Nc1cc(C(=O)N2CCC3(CC2)OCCO3)nc(C)n1. The number of ether oxygens (including phenoxy) is 2. The Balaban J connectivity index is 1.68. The second-order valence-corrected chi connectivity index (χ2v) is 6.54. The maximum atomic E-state index is 12.8. The van der Waals surface area contributed by atoms with Crippen LogP contribution in [0.4, 0.5) is 5.82 Å². The molecule has 3 rings (SSSR count). The maximum absolute atomic E-state index is 12.8. The van der Waals surface area contributed by atoms with Crippen molar-refractivity contribution in [2.75, 3.05) is 31.6 Å². The average molecular weight is 334 g/mol. The van der Waals surface area contributed by atoms with Crippen LogP contribution < -0.4 is 5.32 Å². The van der Waals surface area contributed by atoms with E-state index in [2.05, 4.69) is 29.1 Å². The van der Waals surface area contributed by atoms with Crippen LogP contribution in [0.3, 0.4) is 0 Å². The summed E-state index contributed by atoms with van der Waals surface area (Å²) in [4.78, 5) is 23.3. The summed E-state index contributed by atoms with van der Waals surface area (Å²) in [5.74, 6) is 0.779. The van der Waals surface area contributed by atoms with Gasteiger partial charge in [0.1, 0.15) is 17.3 Å². The predicted molar refractivity (Wildman–Crippen MR) is 89.9 cm³/mol. The molecule has 1 aromatic rings. The summed E-state index contributed by atoms with van der Waals surface area (Å²) in [6.45, 7) is 8.53. The Morgan fingerprint density at radius 3 is 2.62 bits per heavy atom. The van der Waals surface area contributed by atoms with Crippen LogP contribution >= 0.6 is 0 Å². The molecule has 0 aliphatic carbocycles.